The van der Waals surface area contributed by atoms with Crippen LogP contribution >= 0.6 is 0 Å². The molecule has 472 valence electrons. The zero-order valence-electron chi connectivity index (χ0n) is 54.5. The molecule has 21 aromatic rings. The second kappa shape index (κ2) is 23.6. The summed E-state index contributed by atoms with van der Waals surface area (Å²) in [5.41, 5.74) is 23.6. The molecule has 6 aromatic heterocycles. The van der Waals surface area contributed by atoms with Gasteiger partial charge in [-0.3, -0.25) is 0 Å². The number of nitrogens with zero attached hydrogens (tertiary/aromatic N) is 6. The molecular weight excluding hydrogens is 1230 g/mol. The molecule has 0 aliphatic rings. The fourth-order valence-electron chi connectivity index (χ4n) is 15.2. The second-order valence-corrected chi connectivity index (χ2v) is 25.8. The van der Waals surface area contributed by atoms with Gasteiger partial charge in [-0.15, -0.1) is 0 Å². The van der Waals surface area contributed by atoms with E-state index in [2.05, 4.69) is 311 Å². The van der Waals surface area contributed by atoms with Crippen molar-refractivity contribution in [2.24, 2.45) is 0 Å². The van der Waals surface area contributed by atoms with E-state index in [9.17, 15) is 0 Å². The maximum Gasteiger partial charge on any atom is 0.164 e. The Morgan fingerprint density at radius 3 is 0.990 bits per heavy atom. The quantitative estimate of drug-likeness (QED) is 0.144. The van der Waals surface area contributed by atoms with Crippen LogP contribution in [-0.4, -0.2) is 28.7 Å². The first-order chi connectivity index (χ1) is 50.0. The third-order valence-corrected chi connectivity index (χ3v) is 20.0. The Kier molecular flexibility index (Phi) is 13.4. The molecule has 0 unspecified atom stereocenters. The molecule has 0 fully saturated rings. The number of fused-ring (bicyclic) bond motifs is 15. The SMILES string of the molecule is c1ccc(-c2cccc(-c3cccc(-c4nc(-c5ccc6c(c5)oc5ccccc56)nc(-c5ccc6c(c5)oc5ccccc56)n4)c3)c2)cc1.c1ccc(-n2c3ccccc3c3cc(-c4ccc(-n5c6ccccc6c6cc7c8ccccc8n(-c8ccccc8)c7cc65)cc4)ccc32)cc1. The summed E-state index contributed by atoms with van der Waals surface area (Å²) < 4.78 is 19.7. The molecule has 0 radical (unpaired) electrons. The highest BCUT2D eigenvalue weighted by atomic mass is 16.3. The minimum absolute atomic E-state index is 0.563. The van der Waals surface area contributed by atoms with Crippen LogP contribution in [0.1, 0.15) is 0 Å². The second-order valence-electron chi connectivity index (χ2n) is 25.8. The maximum absolute atomic E-state index is 6.24. The highest BCUT2D eigenvalue weighted by molar-refractivity contribution is 6.19. The molecule has 8 nitrogen and oxygen atoms in total. The van der Waals surface area contributed by atoms with Crippen LogP contribution in [-0.2, 0) is 0 Å². The molecule has 0 spiro atoms. The van der Waals surface area contributed by atoms with Crippen molar-refractivity contribution in [3.63, 3.8) is 0 Å². The lowest BCUT2D eigenvalue weighted by Gasteiger charge is -2.11. The van der Waals surface area contributed by atoms with E-state index < -0.39 is 0 Å². The van der Waals surface area contributed by atoms with Crippen molar-refractivity contribution < 1.29 is 8.83 Å². The van der Waals surface area contributed by atoms with Crippen LogP contribution in [0.3, 0.4) is 0 Å². The van der Waals surface area contributed by atoms with Crippen molar-refractivity contribution in [1.29, 1.82) is 0 Å². The van der Waals surface area contributed by atoms with E-state index in [1.54, 1.807) is 0 Å². The van der Waals surface area contributed by atoms with Gasteiger partial charge in [0.15, 0.2) is 17.5 Å². The molecular formula is C93H58N6O2. The number of furan rings is 2. The normalized spacial score (nSPS) is 11.8. The molecule has 0 aliphatic heterocycles. The first-order valence-electron chi connectivity index (χ1n) is 34.1. The van der Waals surface area contributed by atoms with Gasteiger partial charge in [-0.05, 0) is 161 Å². The number of rotatable bonds is 9. The molecule has 8 heteroatoms. The Morgan fingerprint density at radius 1 is 0.168 bits per heavy atom. The Hall–Kier alpha value is -13.7. The van der Waals surface area contributed by atoms with Crippen molar-refractivity contribution in [3.05, 3.63) is 352 Å². The average Bonchev–Trinajstić information content (AvgIpc) is 1.56. The Labute approximate surface area is 579 Å². The van der Waals surface area contributed by atoms with Crippen LogP contribution in [0, 0.1) is 0 Å². The van der Waals surface area contributed by atoms with E-state index in [1.165, 1.54) is 99.0 Å². The first-order valence-corrected chi connectivity index (χ1v) is 34.1. The summed E-state index contributed by atoms with van der Waals surface area (Å²) in [7, 11) is 0. The van der Waals surface area contributed by atoms with Gasteiger partial charge >= 0.3 is 0 Å². The van der Waals surface area contributed by atoms with Crippen LogP contribution in [0.15, 0.2) is 361 Å². The third-order valence-electron chi connectivity index (χ3n) is 20.0. The number of para-hydroxylation sites is 7. The summed E-state index contributed by atoms with van der Waals surface area (Å²) in [6.07, 6.45) is 0. The molecule has 0 atom stereocenters. The Balaban J connectivity index is 0.000000136. The number of benzene rings is 15. The average molecular weight is 1290 g/mol. The lowest BCUT2D eigenvalue weighted by atomic mass is 9.98. The van der Waals surface area contributed by atoms with Gasteiger partial charge in [0.05, 0.1) is 33.1 Å². The van der Waals surface area contributed by atoms with Crippen LogP contribution < -0.4 is 0 Å². The Bertz CT molecular complexity index is 6690. The predicted octanol–water partition coefficient (Wildman–Crippen LogP) is 24.7. The molecule has 0 aliphatic carbocycles. The highest BCUT2D eigenvalue weighted by Crippen LogP contribution is 2.42. The summed E-state index contributed by atoms with van der Waals surface area (Å²) in [4.78, 5) is 15.2. The number of hydrogen-bond donors (Lipinski definition) is 0. The van der Waals surface area contributed by atoms with Crippen molar-refractivity contribution in [2.45, 2.75) is 0 Å². The van der Waals surface area contributed by atoms with E-state index in [0.29, 0.717) is 17.5 Å². The van der Waals surface area contributed by atoms with E-state index in [1.807, 2.05) is 54.6 Å². The summed E-state index contributed by atoms with van der Waals surface area (Å²) in [6.45, 7) is 0. The van der Waals surface area contributed by atoms with Gasteiger partial charge in [0.1, 0.15) is 22.3 Å². The third kappa shape index (κ3) is 9.79. The summed E-state index contributed by atoms with van der Waals surface area (Å²) >= 11 is 0. The van der Waals surface area contributed by atoms with E-state index >= 15 is 0 Å². The van der Waals surface area contributed by atoms with Gasteiger partial charge in [-0.1, -0.05) is 224 Å². The fraction of sp³-hybridized carbons (Fsp3) is 0. The van der Waals surface area contributed by atoms with Crippen LogP contribution in [0.4, 0.5) is 0 Å². The summed E-state index contributed by atoms with van der Waals surface area (Å²) in [5, 5.41) is 11.9. The van der Waals surface area contributed by atoms with Crippen LogP contribution in [0.2, 0.25) is 0 Å². The standard InChI is InChI=1S/C48H31N3.C45H27N3O2/c1-3-13-34(14-4-1)49-43-20-10-7-17-37(43)40-29-33(25-28-46(40)49)32-23-26-36(27-24-32)51-45-22-12-9-19-39(45)42-30-41-38-18-8-11-21-44(38)50(47(41)31-48(42)51)35-15-5-2-6-16-35;1-2-10-28(11-3-1)29-12-8-13-30(24-29)31-14-9-15-32(25-31)43-46-44(33-20-22-37-35-16-4-6-18-39(35)49-41(37)26-33)48-45(47-43)34-21-23-38-36-17-5-7-19-40(36)50-42(38)27-34/h1-31H;1-27H. The van der Waals surface area contributed by atoms with Crippen molar-refractivity contribution in [3.8, 4) is 84.6 Å². The maximum atomic E-state index is 6.24. The predicted molar refractivity (Wildman–Crippen MR) is 416 cm³/mol. The highest BCUT2D eigenvalue weighted by Gasteiger charge is 2.22. The lowest BCUT2D eigenvalue weighted by Crippen LogP contribution is -2.00. The van der Waals surface area contributed by atoms with Gasteiger partial charge < -0.3 is 22.5 Å². The van der Waals surface area contributed by atoms with E-state index in [4.69, 9.17) is 23.8 Å². The van der Waals surface area contributed by atoms with Crippen molar-refractivity contribution >= 4 is 109 Å². The molecule has 0 saturated heterocycles. The molecule has 101 heavy (non-hydrogen) atoms. The number of hydrogen-bond acceptors (Lipinski definition) is 5. The number of aromatic nitrogens is 6. The summed E-state index contributed by atoms with van der Waals surface area (Å²) in [6, 6.07) is 124. The topological polar surface area (TPSA) is 79.7 Å². The van der Waals surface area contributed by atoms with Gasteiger partial charge in [0.2, 0.25) is 0 Å². The van der Waals surface area contributed by atoms with Crippen LogP contribution in [0.5, 0.6) is 0 Å². The largest absolute Gasteiger partial charge is 0.456 e. The first kappa shape index (κ1) is 57.5. The lowest BCUT2D eigenvalue weighted by molar-refractivity contribution is 0.668. The minimum Gasteiger partial charge on any atom is -0.456 e. The molecule has 0 bridgehead atoms. The molecule has 0 N–H and O–H groups in total. The van der Waals surface area contributed by atoms with E-state index in [-0.39, 0.29) is 0 Å². The fourth-order valence-corrected chi connectivity index (χ4v) is 15.2. The zero-order chi connectivity index (χ0) is 66.5. The molecule has 0 amide bonds. The molecule has 0 saturated carbocycles. The summed E-state index contributed by atoms with van der Waals surface area (Å²) in [5.74, 6) is 1.71. The smallest absolute Gasteiger partial charge is 0.164 e. The van der Waals surface area contributed by atoms with Gasteiger partial charge in [0.25, 0.3) is 0 Å². The van der Waals surface area contributed by atoms with Crippen molar-refractivity contribution in [1.82, 2.24) is 28.7 Å². The monoisotopic (exact) mass is 1290 g/mol. The zero-order valence-corrected chi connectivity index (χ0v) is 54.5. The molecule has 15 aromatic carbocycles. The molecule has 6 heterocycles. The van der Waals surface area contributed by atoms with Crippen LogP contribution in [0.25, 0.3) is 194 Å². The van der Waals surface area contributed by atoms with Crippen molar-refractivity contribution in [2.75, 3.05) is 0 Å². The minimum atomic E-state index is 0.563. The van der Waals surface area contributed by atoms with Gasteiger partial charge in [-0.2, -0.15) is 0 Å². The Morgan fingerprint density at radius 2 is 0.485 bits per heavy atom. The van der Waals surface area contributed by atoms with Gasteiger partial charge in [-0.25, -0.2) is 15.0 Å². The van der Waals surface area contributed by atoms with Gasteiger partial charge in [0, 0.05) is 87.6 Å². The van der Waals surface area contributed by atoms with E-state index in [0.717, 1.165) is 77.4 Å². The molecule has 21 rings (SSSR count).